The molecular weight excluding hydrogens is 394 g/mol. The van der Waals surface area contributed by atoms with E-state index in [0.717, 1.165) is 11.1 Å². The first-order valence-corrected chi connectivity index (χ1v) is 9.58. The molecule has 2 aromatic heterocycles. The predicted octanol–water partition coefficient (Wildman–Crippen LogP) is 0.624. The number of carbonyl (C=O) groups is 2. The minimum atomic E-state index is -0.697. The lowest BCUT2D eigenvalue weighted by molar-refractivity contribution is -0.117. The third-order valence-electron chi connectivity index (χ3n) is 4.25. The first-order valence-electron chi connectivity index (χ1n) is 8.70. The van der Waals surface area contributed by atoms with Crippen molar-refractivity contribution < 1.29 is 9.59 Å². The second-order valence-corrected chi connectivity index (χ2v) is 7.21. The Morgan fingerprint density at radius 1 is 1.31 bits per heavy atom. The van der Waals surface area contributed by atoms with Crippen molar-refractivity contribution >= 4 is 45.4 Å². The van der Waals surface area contributed by atoms with Crippen molar-refractivity contribution in [3.05, 3.63) is 57.0 Å². The van der Waals surface area contributed by atoms with Gasteiger partial charge in [0.25, 0.3) is 17.4 Å². The molecule has 1 aromatic carbocycles. The second kappa shape index (κ2) is 7.81. The molecule has 0 bridgehead atoms. The first kappa shape index (κ1) is 18.8. The number of aromatic nitrogens is 2. The number of nitrogens with one attached hydrogen (secondary N) is 5. The number of aromatic amines is 1. The molecule has 148 valence electrons. The SMILES string of the molecule is Cc1csc2nc(C(=O)NCc3cccc(NC(=O)C4N=CNN4)c3)[nH]c(=O)c12. The van der Waals surface area contributed by atoms with Crippen LogP contribution in [0.3, 0.4) is 0 Å². The number of carbonyl (C=O) groups excluding carboxylic acids is 2. The molecule has 1 atom stereocenters. The summed E-state index contributed by atoms with van der Waals surface area (Å²) in [6.45, 7) is 2.03. The fourth-order valence-corrected chi connectivity index (χ4v) is 3.75. The van der Waals surface area contributed by atoms with Crippen molar-refractivity contribution in [1.29, 1.82) is 0 Å². The van der Waals surface area contributed by atoms with E-state index in [1.807, 2.05) is 18.4 Å². The average Bonchev–Trinajstić information content (AvgIpc) is 3.37. The van der Waals surface area contributed by atoms with E-state index in [1.54, 1.807) is 18.2 Å². The van der Waals surface area contributed by atoms with Crippen LogP contribution in [0.4, 0.5) is 5.69 Å². The van der Waals surface area contributed by atoms with Gasteiger partial charge in [0.05, 0.1) is 11.7 Å². The zero-order chi connectivity index (χ0) is 20.4. The highest BCUT2D eigenvalue weighted by molar-refractivity contribution is 7.16. The van der Waals surface area contributed by atoms with Crippen molar-refractivity contribution in [3.8, 4) is 0 Å². The number of aryl methyl sites for hydroxylation is 1. The van der Waals surface area contributed by atoms with Crippen molar-refractivity contribution in [2.24, 2.45) is 4.99 Å². The van der Waals surface area contributed by atoms with Gasteiger partial charge in [-0.25, -0.2) is 15.4 Å². The second-order valence-electron chi connectivity index (χ2n) is 6.36. The number of fused-ring (bicyclic) bond motifs is 1. The van der Waals surface area contributed by atoms with E-state index in [2.05, 4.69) is 36.4 Å². The van der Waals surface area contributed by atoms with Gasteiger partial charge in [-0.3, -0.25) is 14.4 Å². The molecular formula is C18H17N7O3S. The Balaban J connectivity index is 1.42. The monoisotopic (exact) mass is 411 g/mol. The highest BCUT2D eigenvalue weighted by Crippen LogP contribution is 2.19. The molecule has 3 aromatic rings. The van der Waals surface area contributed by atoms with Gasteiger partial charge in [0.2, 0.25) is 5.82 Å². The maximum absolute atomic E-state index is 12.4. The number of H-pyrrole nitrogens is 1. The fraction of sp³-hybridized carbons (Fsp3) is 0.167. The van der Waals surface area contributed by atoms with Gasteiger partial charge in [0, 0.05) is 12.2 Å². The van der Waals surface area contributed by atoms with Crippen LogP contribution in [0.2, 0.25) is 0 Å². The van der Waals surface area contributed by atoms with Gasteiger partial charge in [-0.05, 0) is 35.6 Å². The summed E-state index contributed by atoms with van der Waals surface area (Å²) in [5.74, 6) is -0.833. The Bertz CT molecular complexity index is 1180. The number of hydrazine groups is 1. The Labute approximate surface area is 168 Å². The minimum Gasteiger partial charge on any atom is -0.345 e. The van der Waals surface area contributed by atoms with Crippen LogP contribution in [-0.2, 0) is 11.3 Å². The fourth-order valence-electron chi connectivity index (χ4n) is 2.83. The highest BCUT2D eigenvalue weighted by Gasteiger charge is 2.19. The molecule has 0 fully saturated rings. The van der Waals surface area contributed by atoms with Crippen LogP contribution in [0.25, 0.3) is 10.2 Å². The van der Waals surface area contributed by atoms with Crippen molar-refractivity contribution in [2.75, 3.05) is 5.32 Å². The number of nitrogens with zero attached hydrogens (tertiary/aromatic N) is 2. The summed E-state index contributed by atoms with van der Waals surface area (Å²) in [6.07, 6.45) is 0.709. The number of hydrogen-bond acceptors (Lipinski definition) is 8. The van der Waals surface area contributed by atoms with Crippen molar-refractivity contribution in [1.82, 2.24) is 26.1 Å². The molecule has 2 amide bonds. The van der Waals surface area contributed by atoms with Crippen molar-refractivity contribution in [2.45, 2.75) is 19.6 Å². The van der Waals surface area contributed by atoms with E-state index in [0.29, 0.717) is 15.9 Å². The summed E-state index contributed by atoms with van der Waals surface area (Å²) in [5.41, 5.74) is 7.17. The molecule has 3 heterocycles. The Morgan fingerprint density at radius 3 is 2.97 bits per heavy atom. The van der Waals surface area contributed by atoms with Gasteiger partial charge < -0.3 is 21.0 Å². The van der Waals surface area contributed by atoms with Crippen LogP contribution in [0.15, 0.2) is 39.4 Å². The lowest BCUT2D eigenvalue weighted by Crippen LogP contribution is -2.40. The standard InChI is InChI=1S/C18H17N7O3S/c1-9-7-29-18-12(9)15(26)23-14(24-18)16(27)19-6-10-3-2-4-11(5-10)22-17(28)13-20-8-21-25-13/h2-5,7-8,13,25H,6H2,1H3,(H,19,27)(H,20,21)(H,22,28)(H,23,24,26). The third-order valence-corrected chi connectivity index (χ3v) is 5.24. The van der Waals surface area contributed by atoms with Crippen molar-refractivity contribution in [3.63, 3.8) is 0 Å². The van der Waals surface area contributed by atoms with Gasteiger partial charge >= 0.3 is 0 Å². The lowest BCUT2D eigenvalue weighted by atomic mass is 10.2. The van der Waals surface area contributed by atoms with E-state index in [-0.39, 0.29) is 23.8 Å². The molecule has 10 nitrogen and oxygen atoms in total. The van der Waals surface area contributed by atoms with E-state index in [1.165, 1.54) is 17.7 Å². The molecule has 1 aliphatic rings. The molecule has 0 spiro atoms. The van der Waals surface area contributed by atoms with Crippen LogP contribution < -0.4 is 27.0 Å². The van der Waals surface area contributed by atoms with Gasteiger partial charge in [-0.2, -0.15) is 0 Å². The van der Waals surface area contributed by atoms with Crippen LogP contribution in [-0.4, -0.2) is 34.3 Å². The smallest absolute Gasteiger partial charge is 0.287 e. The lowest BCUT2D eigenvalue weighted by Gasteiger charge is -2.11. The first-order chi connectivity index (χ1) is 14.0. The van der Waals surface area contributed by atoms with Gasteiger partial charge in [0.1, 0.15) is 4.83 Å². The zero-order valence-corrected chi connectivity index (χ0v) is 16.1. The van der Waals surface area contributed by atoms with Gasteiger partial charge in [0.15, 0.2) is 6.17 Å². The molecule has 0 aliphatic carbocycles. The number of rotatable bonds is 5. The van der Waals surface area contributed by atoms with Crippen LogP contribution in [0.1, 0.15) is 21.7 Å². The van der Waals surface area contributed by atoms with Crippen LogP contribution in [0, 0.1) is 6.92 Å². The topological polar surface area (TPSA) is 140 Å². The summed E-state index contributed by atoms with van der Waals surface area (Å²) in [5, 5.41) is 7.81. The van der Waals surface area contributed by atoms with Crippen LogP contribution >= 0.6 is 11.3 Å². The molecule has 11 heteroatoms. The Hall–Kier alpha value is -3.57. The molecule has 1 unspecified atom stereocenters. The number of thiophene rings is 1. The Morgan fingerprint density at radius 2 is 2.17 bits per heavy atom. The number of hydrogen-bond donors (Lipinski definition) is 5. The van der Waals surface area contributed by atoms with Gasteiger partial charge in [-0.15, -0.1) is 11.3 Å². The maximum Gasteiger partial charge on any atom is 0.287 e. The third kappa shape index (κ3) is 4.00. The summed E-state index contributed by atoms with van der Waals surface area (Å²) < 4.78 is 0. The van der Waals surface area contributed by atoms with E-state index in [4.69, 9.17) is 0 Å². The maximum atomic E-state index is 12.4. The number of aliphatic imine (C=N–C) groups is 1. The van der Waals surface area contributed by atoms with E-state index in [9.17, 15) is 14.4 Å². The van der Waals surface area contributed by atoms with E-state index < -0.39 is 12.1 Å². The zero-order valence-electron chi connectivity index (χ0n) is 15.3. The molecule has 1 aliphatic heterocycles. The summed E-state index contributed by atoms with van der Waals surface area (Å²) in [7, 11) is 0. The quantitative estimate of drug-likeness (QED) is 0.417. The molecule has 0 saturated carbocycles. The van der Waals surface area contributed by atoms with Gasteiger partial charge in [-0.1, -0.05) is 12.1 Å². The summed E-state index contributed by atoms with van der Waals surface area (Å²) in [6, 6.07) is 7.06. The molecule has 0 saturated heterocycles. The molecule has 29 heavy (non-hydrogen) atoms. The number of anilines is 1. The molecule has 5 N–H and O–H groups in total. The van der Waals surface area contributed by atoms with E-state index >= 15 is 0 Å². The molecule has 0 radical (unpaired) electrons. The minimum absolute atomic E-state index is 0.0357. The normalized spacial score (nSPS) is 15.3. The average molecular weight is 411 g/mol. The summed E-state index contributed by atoms with van der Waals surface area (Å²) >= 11 is 1.32. The largest absolute Gasteiger partial charge is 0.345 e. The Kier molecular flexibility index (Phi) is 5.06. The van der Waals surface area contributed by atoms with Crippen LogP contribution in [0.5, 0.6) is 0 Å². The predicted molar refractivity (Wildman–Crippen MR) is 110 cm³/mol. The highest BCUT2D eigenvalue weighted by atomic mass is 32.1. The number of benzene rings is 1. The summed E-state index contributed by atoms with van der Waals surface area (Å²) in [4.78, 5) is 47.9. The number of amides is 2. The molecule has 4 rings (SSSR count).